The van der Waals surface area contributed by atoms with Crippen LogP contribution >= 0.6 is 11.6 Å². The molecular formula is C14H16ClNO. The number of rotatable bonds is 3. The smallest absolute Gasteiger partial charge is 0.165 e. The first-order valence-electron chi connectivity index (χ1n) is 5.77. The van der Waals surface area contributed by atoms with Crippen molar-refractivity contribution in [2.24, 2.45) is 13.0 Å². The van der Waals surface area contributed by atoms with E-state index in [0.29, 0.717) is 17.4 Å². The van der Waals surface area contributed by atoms with Crippen LogP contribution in [0, 0.1) is 5.92 Å². The van der Waals surface area contributed by atoms with E-state index < -0.39 is 0 Å². The number of fused-ring (bicyclic) bond motifs is 1. The number of aromatic nitrogens is 1. The number of hydrogen-bond acceptors (Lipinski definition) is 1. The summed E-state index contributed by atoms with van der Waals surface area (Å²) in [5.41, 5.74) is 1.80. The van der Waals surface area contributed by atoms with Crippen molar-refractivity contribution >= 4 is 28.3 Å². The van der Waals surface area contributed by atoms with Crippen molar-refractivity contribution in [2.45, 2.75) is 20.3 Å². The Kier molecular flexibility index (Phi) is 3.25. The second kappa shape index (κ2) is 4.53. The number of carbonyl (C=O) groups is 1. The van der Waals surface area contributed by atoms with Gasteiger partial charge in [0.1, 0.15) is 0 Å². The average molecular weight is 250 g/mol. The minimum absolute atomic E-state index is 0.202. The highest BCUT2D eigenvalue weighted by molar-refractivity contribution is 6.31. The molecule has 0 N–H and O–H groups in total. The zero-order valence-electron chi connectivity index (χ0n) is 10.3. The standard InChI is InChI=1S/C14H16ClNO/c1-9(2)6-14(17)12-8-16(3)13-7-10(15)4-5-11(12)13/h4-5,7-9H,6H2,1-3H3. The Balaban J connectivity index is 2.52. The quantitative estimate of drug-likeness (QED) is 0.752. The van der Waals surface area contributed by atoms with E-state index in [4.69, 9.17) is 11.6 Å². The second-order valence-electron chi connectivity index (χ2n) is 4.84. The molecule has 17 heavy (non-hydrogen) atoms. The molecule has 0 aliphatic rings. The fraction of sp³-hybridized carbons (Fsp3) is 0.357. The first-order chi connectivity index (χ1) is 7.99. The summed E-state index contributed by atoms with van der Waals surface area (Å²) in [6.07, 6.45) is 2.48. The second-order valence-corrected chi connectivity index (χ2v) is 5.27. The zero-order valence-corrected chi connectivity index (χ0v) is 11.1. The molecule has 1 heterocycles. The van der Waals surface area contributed by atoms with Crippen LogP contribution in [0.1, 0.15) is 30.6 Å². The molecule has 0 radical (unpaired) electrons. The van der Waals surface area contributed by atoms with Gasteiger partial charge < -0.3 is 4.57 Å². The van der Waals surface area contributed by atoms with Gasteiger partial charge in [0.05, 0.1) is 0 Å². The molecule has 2 aromatic rings. The Labute approximate surface area is 106 Å². The van der Waals surface area contributed by atoms with Gasteiger partial charge in [-0.3, -0.25) is 4.79 Å². The van der Waals surface area contributed by atoms with E-state index >= 15 is 0 Å². The van der Waals surface area contributed by atoms with E-state index in [1.165, 1.54) is 0 Å². The highest BCUT2D eigenvalue weighted by Gasteiger charge is 2.14. The molecule has 0 saturated heterocycles. The summed E-state index contributed by atoms with van der Waals surface area (Å²) in [6, 6.07) is 5.64. The molecule has 0 aliphatic carbocycles. The molecule has 0 bridgehead atoms. The maximum Gasteiger partial charge on any atom is 0.165 e. The lowest BCUT2D eigenvalue weighted by Gasteiger charge is -2.02. The SMILES string of the molecule is CC(C)CC(=O)c1cn(C)c2cc(Cl)ccc12. The maximum absolute atomic E-state index is 12.1. The van der Waals surface area contributed by atoms with Crippen LogP contribution in [0.2, 0.25) is 5.02 Å². The largest absolute Gasteiger partial charge is 0.350 e. The number of nitrogens with zero attached hydrogens (tertiary/aromatic N) is 1. The van der Waals surface area contributed by atoms with Crippen LogP contribution in [0.15, 0.2) is 24.4 Å². The summed E-state index contributed by atoms with van der Waals surface area (Å²) >= 11 is 5.97. The molecule has 0 atom stereocenters. The normalized spacial score (nSPS) is 11.4. The molecule has 1 aromatic carbocycles. The molecule has 2 nitrogen and oxygen atoms in total. The number of aryl methyl sites for hydroxylation is 1. The summed E-state index contributed by atoms with van der Waals surface area (Å²) in [5, 5.41) is 1.68. The van der Waals surface area contributed by atoms with E-state index in [1.54, 1.807) is 0 Å². The Morgan fingerprint density at radius 3 is 2.76 bits per heavy atom. The number of halogens is 1. The summed E-state index contributed by atoms with van der Waals surface area (Å²) in [5.74, 6) is 0.581. The van der Waals surface area contributed by atoms with Crippen LogP contribution in [-0.2, 0) is 7.05 Å². The van der Waals surface area contributed by atoms with Crippen LogP contribution in [0.3, 0.4) is 0 Å². The summed E-state index contributed by atoms with van der Waals surface area (Å²) < 4.78 is 1.95. The maximum atomic E-state index is 12.1. The van der Waals surface area contributed by atoms with E-state index in [2.05, 4.69) is 13.8 Å². The van der Waals surface area contributed by atoms with Crippen LogP contribution in [0.5, 0.6) is 0 Å². The molecule has 0 fully saturated rings. The fourth-order valence-electron chi connectivity index (χ4n) is 2.06. The van der Waals surface area contributed by atoms with Gasteiger partial charge in [-0.05, 0) is 18.1 Å². The van der Waals surface area contributed by atoms with E-state index in [0.717, 1.165) is 16.5 Å². The lowest BCUT2D eigenvalue weighted by molar-refractivity contribution is 0.0969. The van der Waals surface area contributed by atoms with Crippen molar-refractivity contribution in [2.75, 3.05) is 0 Å². The molecule has 1 aromatic heterocycles. The minimum Gasteiger partial charge on any atom is -0.350 e. The molecule has 0 spiro atoms. The van der Waals surface area contributed by atoms with Crippen LogP contribution < -0.4 is 0 Å². The predicted molar refractivity (Wildman–Crippen MR) is 71.7 cm³/mol. The number of ketones is 1. The average Bonchev–Trinajstić information content (AvgIpc) is 2.55. The third kappa shape index (κ3) is 2.37. The van der Waals surface area contributed by atoms with Crippen molar-refractivity contribution < 1.29 is 4.79 Å². The Morgan fingerprint density at radius 1 is 1.41 bits per heavy atom. The summed E-state index contributed by atoms with van der Waals surface area (Å²) in [7, 11) is 1.94. The Hall–Kier alpha value is -1.28. The monoisotopic (exact) mass is 249 g/mol. The van der Waals surface area contributed by atoms with Gasteiger partial charge in [0.2, 0.25) is 0 Å². The summed E-state index contributed by atoms with van der Waals surface area (Å²) in [6.45, 7) is 4.11. The van der Waals surface area contributed by atoms with Crippen LogP contribution in [0.4, 0.5) is 0 Å². The van der Waals surface area contributed by atoms with Crippen molar-refractivity contribution in [1.29, 1.82) is 0 Å². The lowest BCUT2D eigenvalue weighted by Crippen LogP contribution is -2.02. The van der Waals surface area contributed by atoms with Gasteiger partial charge in [-0.2, -0.15) is 0 Å². The van der Waals surface area contributed by atoms with E-state index in [-0.39, 0.29) is 5.78 Å². The van der Waals surface area contributed by atoms with Crippen molar-refractivity contribution in [1.82, 2.24) is 4.57 Å². The first kappa shape index (κ1) is 12.2. The fourth-order valence-corrected chi connectivity index (χ4v) is 2.23. The number of carbonyl (C=O) groups excluding carboxylic acids is 1. The zero-order chi connectivity index (χ0) is 12.6. The lowest BCUT2D eigenvalue weighted by atomic mass is 10.0. The molecule has 90 valence electrons. The van der Waals surface area contributed by atoms with E-state index in [1.807, 2.05) is 36.0 Å². The summed E-state index contributed by atoms with van der Waals surface area (Å²) in [4.78, 5) is 12.1. The molecule has 3 heteroatoms. The van der Waals surface area contributed by atoms with Crippen molar-refractivity contribution in [3.05, 3.63) is 35.0 Å². The predicted octanol–water partition coefficient (Wildman–Crippen LogP) is 4.06. The van der Waals surface area contributed by atoms with E-state index in [9.17, 15) is 4.79 Å². The molecular weight excluding hydrogens is 234 g/mol. The third-order valence-electron chi connectivity index (χ3n) is 2.85. The Morgan fingerprint density at radius 2 is 2.12 bits per heavy atom. The van der Waals surface area contributed by atoms with Crippen molar-refractivity contribution in [3.8, 4) is 0 Å². The number of hydrogen-bond donors (Lipinski definition) is 0. The molecule has 0 aliphatic heterocycles. The minimum atomic E-state index is 0.202. The van der Waals surface area contributed by atoms with Gasteiger partial charge in [-0.1, -0.05) is 31.5 Å². The first-order valence-corrected chi connectivity index (χ1v) is 6.14. The molecule has 2 rings (SSSR count). The third-order valence-corrected chi connectivity index (χ3v) is 3.08. The molecule has 0 unspecified atom stereocenters. The van der Waals surface area contributed by atoms with Gasteiger partial charge >= 0.3 is 0 Å². The topological polar surface area (TPSA) is 22.0 Å². The van der Waals surface area contributed by atoms with Gasteiger partial charge in [0.25, 0.3) is 0 Å². The van der Waals surface area contributed by atoms with Crippen molar-refractivity contribution in [3.63, 3.8) is 0 Å². The van der Waals surface area contributed by atoms with Gasteiger partial charge in [0, 0.05) is 41.2 Å². The number of benzene rings is 1. The Bertz CT molecular complexity index is 569. The highest BCUT2D eigenvalue weighted by atomic mass is 35.5. The van der Waals surface area contributed by atoms with Gasteiger partial charge in [-0.15, -0.1) is 0 Å². The van der Waals surface area contributed by atoms with Crippen LogP contribution in [-0.4, -0.2) is 10.4 Å². The van der Waals surface area contributed by atoms with Gasteiger partial charge in [0.15, 0.2) is 5.78 Å². The highest BCUT2D eigenvalue weighted by Crippen LogP contribution is 2.25. The molecule has 0 amide bonds. The van der Waals surface area contributed by atoms with Gasteiger partial charge in [-0.25, -0.2) is 0 Å². The number of Topliss-reactive ketones (excluding diaryl/α,β-unsaturated/α-hetero) is 1. The molecule has 0 saturated carbocycles. The van der Waals surface area contributed by atoms with Crippen LogP contribution in [0.25, 0.3) is 10.9 Å².